The fraction of sp³-hybridized carbons (Fsp3) is 0.722. The van der Waals surface area contributed by atoms with E-state index in [0.29, 0.717) is 23.6 Å². The molecule has 0 spiro atoms. The standard InChI is InChI=1S/C18H33ClN2/c1-14(2)15(3)9-6-7-10-16(4)17(5)11-8-12-21-18(20)13-19/h15,17H,1,4,6-13H2,2-3,5H3,(H2,20,21)/t15-,17+/m1/s1. The van der Waals surface area contributed by atoms with Crippen LogP contribution in [0.2, 0.25) is 0 Å². The van der Waals surface area contributed by atoms with E-state index in [2.05, 4.69) is 38.9 Å². The monoisotopic (exact) mass is 312 g/mol. The van der Waals surface area contributed by atoms with Gasteiger partial charge in [0.05, 0.1) is 5.88 Å². The van der Waals surface area contributed by atoms with Crippen molar-refractivity contribution in [3.05, 3.63) is 24.3 Å². The number of nitrogens with zero attached hydrogens (tertiary/aromatic N) is 1. The zero-order valence-corrected chi connectivity index (χ0v) is 14.9. The summed E-state index contributed by atoms with van der Waals surface area (Å²) in [4.78, 5) is 4.21. The lowest BCUT2D eigenvalue weighted by Gasteiger charge is -2.15. The maximum atomic E-state index is 5.58. The molecule has 0 saturated heterocycles. The molecule has 0 aliphatic rings. The molecular weight excluding hydrogens is 280 g/mol. The first kappa shape index (κ1) is 20.2. The van der Waals surface area contributed by atoms with E-state index in [1.165, 1.54) is 30.4 Å². The summed E-state index contributed by atoms with van der Waals surface area (Å²) < 4.78 is 0. The fourth-order valence-corrected chi connectivity index (χ4v) is 2.25. The van der Waals surface area contributed by atoms with Crippen molar-refractivity contribution in [3.8, 4) is 0 Å². The summed E-state index contributed by atoms with van der Waals surface area (Å²) in [5, 5.41) is 0. The molecule has 21 heavy (non-hydrogen) atoms. The lowest BCUT2D eigenvalue weighted by molar-refractivity contribution is 0.526. The second-order valence-corrected chi connectivity index (χ2v) is 6.47. The largest absolute Gasteiger partial charge is 0.386 e. The maximum Gasteiger partial charge on any atom is 0.109 e. The molecule has 0 aromatic heterocycles. The third-order valence-electron chi connectivity index (χ3n) is 4.17. The van der Waals surface area contributed by atoms with Gasteiger partial charge in [0.1, 0.15) is 5.84 Å². The van der Waals surface area contributed by atoms with Gasteiger partial charge in [0.2, 0.25) is 0 Å². The second kappa shape index (κ2) is 11.9. The number of hydrogen-bond acceptors (Lipinski definition) is 1. The van der Waals surface area contributed by atoms with Gasteiger partial charge in [-0.3, -0.25) is 4.99 Å². The third-order valence-corrected chi connectivity index (χ3v) is 4.44. The Morgan fingerprint density at radius 3 is 2.29 bits per heavy atom. The van der Waals surface area contributed by atoms with Crippen LogP contribution < -0.4 is 5.73 Å². The lowest BCUT2D eigenvalue weighted by Crippen LogP contribution is -2.13. The summed E-state index contributed by atoms with van der Waals surface area (Å²) >= 11 is 5.58. The average molecular weight is 313 g/mol. The van der Waals surface area contributed by atoms with Crippen LogP contribution in [-0.2, 0) is 0 Å². The predicted molar refractivity (Wildman–Crippen MR) is 97.2 cm³/mol. The second-order valence-electron chi connectivity index (χ2n) is 6.20. The van der Waals surface area contributed by atoms with Crippen LogP contribution in [0.3, 0.4) is 0 Å². The van der Waals surface area contributed by atoms with Gasteiger partial charge in [0.15, 0.2) is 0 Å². The average Bonchev–Trinajstić information content (AvgIpc) is 2.46. The van der Waals surface area contributed by atoms with Gasteiger partial charge in [-0.25, -0.2) is 0 Å². The Bertz CT molecular complexity index is 347. The highest BCUT2D eigenvalue weighted by molar-refractivity contribution is 6.27. The van der Waals surface area contributed by atoms with Crippen LogP contribution in [0.5, 0.6) is 0 Å². The summed E-state index contributed by atoms with van der Waals surface area (Å²) in [6.07, 6.45) is 7.04. The van der Waals surface area contributed by atoms with Crippen molar-refractivity contribution in [1.82, 2.24) is 0 Å². The van der Waals surface area contributed by atoms with Gasteiger partial charge in [0, 0.05) is 6.54 Å². The lowest BCUT2D eigenvalue weighted by atomic mass is 9.91. The molecule has 0 saturated carbocycles. The number of halogens is 1. The van der Waals surface area contributed by atoms with E-state index in [4.69, 9.17) is 17.3 Å². The number of rotatable bonds is 12. The zero-order chi connectivity index (χ0) is 16.3. The minimum absolute atomic E-state index is 0.324. The Labute approximate surface area is 136 Å². The molecule has 0 aromatic rings. The minimum Gasteiger partial charge on any atom is -0.386 e. The summed E-state index contributed by atoms with van der Waals surface area (Å²) in [5.41, 5.74) is 8.23. The van der Waals surface area contributed by atoms with E-state index in [9.17, 15) is 0 Å². The van der Waals surface area contributed by atoms with E-state index in [1.54, 1.807) is 0 Å². The molecule has 2 N–H and O–H groups in total. The molecule has 0 aromatic carbocycles. The summed E-state index contributed by atoms with van der Waals surface area (Å²) in [6.45, 7) is 15.6. The fourth-order valence-electron chi connectivity index (χ4n) is 2.16. The quantitative estimate of drug-likeness (QED) is 0.171. The Kier molecular flexibility index (Phi) is 11.4. The number of alkyl halides is 1. The van der Waals surface area contributed by atoms with Gasteiger partial charge in [-0.05, 0) is 50.9 Å². The van der Waals surface area contributed by atoms with Gasteiger partial charge >= 0.3 is 0 Å². The van der Waals surface area contributed by atoms with E-state index >= 15 is 0 Å². The Hall–Kier alpha value is -0.760. The van der Waals surface area contributed by atoms with Crippen molar-refractivity contribution in [2.75, 3.05) is 12.4 Å². The SMILES string of the molecule is C=C(C)[C@H](C)CCCCC(=C)[C@@H](C)CCCN=C(N)CCl. The number of unbranched alkanes of at least 4 members (excludes halogenated alkanes) is 1. The van der Waals surface area contributed by atoms with E-state index in [0.717, 1.165) is 25.8 Å². The van der Waals surface area contributed by atoms with Crippen molar-refractivity contribution >= 4 is 17.4 Å². The summed E-state index contributed by atoms with van der Waals surface area (Å²) in [5.74, 6) is 2.07. The Morgan fingerprint density at radius 2 is 1.71 bits per heavy atom. The van der Waals surface area contributed by atoms with Crippen LogP contribution in [0.15, 0.2) is 29.3 Å². The zero-order valence-electron chi connectivity index (χ0n) is 14.1. The first-order valence-corrected chi connectivity index (χ1v) is 8.59. The Morgan fingerprint density at radius 1 is 1.10 bits per heavy atom. The maximum absolute atomic E-state index is 5.58. The van der Waals surface area contributed by atoms with E-state index in [-0.39, 0.29) is 0 Å². The van der Waals surface area contributed by atoms with Crippen molar-refractivity contribution in [1.29, 1.82) is 0 Å². The van der Waals surface area contributed by atoms with Gasteiger partial charge in [-0.15, -0.1) is 11.6 Å². The summed E-state index contributed by atoms with van der Waals surface area (Å²) in [7, 11) is 0. The number of nitrogens with two attached hydrogens (primary N) is 1. The highest BCUT2D eigenvalue weighted by Crippen LogP contribution is 2.22. The summed E-state index contributed by atoms with van der Waals surface area (Å²) in [6, 6.07) is 0. The van der Waals surface area contributed by atoms with Crippen LogP contribution in [0, 0.1) is 11.8 Å². The van der Waals surface area contributed by atoms with Crippen molar-refractivity contribution in [3.63, 3.8) is 0 Å². The number of aliphatic imine (C=N–C) groups is 1. The normalized spacial score (nSPS) is 14.8. The molecule has 0 aliphatic carbocycles. The van der Waals surface area contributed by atoms with Crippen molar-refractivity contribution in [2.45, 2.75) is 59.3 Å². The Balaban J connectivity index is 3.73. The van der Waals surface area contributed by atoms with E-state index < -0.39 is 0 Å². The highest BCUT2D eigenvalue weighted by Gasteiger charge is 2.07. The van der Waals surface area contributed by atoms with Crippen LogP contribution >= 0.6 is 11.6 Å². The minimum atomic E-state index is 0.324. The first-order chi connectivity index (χ1) is 9.88. The van der Waals surface area contributed by atoms with Crippen molar-refractivity contribution in [2.24, 2.45) is 22.6 Å². The van der Waals surface area contributed by atoms with Crippen molar-refractivity contribution < 1.29 is 0 Å². The van der Waals surface area contributed by atoms with Crippen LogP contribution in [-0.4, -0.2) is 18.3 Å². The van der Waals surface area contributed by atoms with Crippen LogP contribution in [0.4, 0.5) is 0 Å². The molecule has 2 atom stereocenters. The van der Waals surface area contributed by atoms with E-state index in [1.807, 2.05) is 0 Å². The molecule has 0 heterocycles. The number of amidine groups is 1. The third kappa shape index (κ3) is 10.6. The van der Waals surface area contributed by atoms with Crippen LogP contribution in [0.25, 0.3) is 0 Å². The molecule has 2 nitrogen and oxygen atoms in total. The molecule has 122 valence electrons. The molecular formula is C18H33ClN2. The molecule has 0 fully saturated rings. The van der Waals surface area contributed by atoms with Gasteiger partial charge in [0.25, 0.3) is 0 Å². The molecule has 0 rings (SSSR count). The molecule has 3 heteroatoms. The van der Waals surface area contributed by atoms with Crippen LogP contribution in [0.1, 0.15) is 59.3 Å². The first-order valence-electron chi connectivity index (χ1n) is 8.06. The molecule has 0 unspecified atom stereocenters. The smallest absolute Gasteiger partial charge is 0.109 e. The highest BCUT2D eigenvalue weighted by atomic mass is 35.5. The molecule has 0 bridgehead atoms. The predicted octanol–water partition coefficient (Wildman–Crippen LogP) is 5.33. The number of hydrogen-bond donors (Lipinski definition) is 1. The molecule has 0 amide bonds. The number of allylic oxidation sites excluding steroid dienone is 2. The van der Waals surface area contributed by atoms with Gasteiger partial charge < -0.3 is 5.73 Å². The van der Waals surface area contributed by atoms with Gasteiger partial charge in [-0.2, -0.15) is 0 Å². The molecule has 0 radical (unpaired) electrons. The molecule has 0 aliphatic heterocycles. The topological polar surface area (TPSA) is 38.4 Å². The van der Waals surface area contributed by atoms with Gasteiger partial charge in [-0.1, -0.05) is 44.6 Å².